The summed E-state index contributed by atoms with van der Waals surface area (Å²) in [5.74, 6) is 3.42. The van der Waals surface area contributed by atoms with Crippen molar-refractivity contribution in [1.82, 2.24) is 24.8 Å². The molecule has 13 nitrogen and oxygen atoms in total. The van der Waals surface area contributed by atoms with E-state index < -0.39 is 7.12 Å². The monoisotopic (exact) mass is 909 g/mol. The summed E-state index contributed by atoms with van der Waals surface area (Å²) in [6.45, 7) is 3.12. The van der Waals surface area contributed by atoms with Crippen LogP contribution in [0.25, 0.3) is 33.1 Å². The van der Waals surface area contributed by atoms with Crippen LogP contribution in [0.3, 0.4) is 0 Å². The van der Waals surface area contributed by atoms with Gasteiger partial charge in [-0.3, -0.25) is 0 Å². The van der Waals surface area contributed by atoms with Crippen molar-refractivity contribution in [3.8, 4) is 34.1 Å². The maximum atomic E-state index is 9.65. The fraction of sp³-hybridized carbons (Fsp3) is 0.468. The van der Waals surface area contributed by atoms with Crippen molar-refractivity contribution in [2.75, 3.05) is 26.4 Å². The van der Waals surface area contributed by atoms with Crippen molar-refractivity contribution >= 4 is 50.4 Å². The lowest BCUT2D eigenvalue weighted by Crippen LogP contribution is -2.29. The third kappa shape index (κ3) is 11.1. The average molecular weight is 911 g/mol. The number of fused-ring (bicyclic) bond motifs is 2. The molecule has 6 aromatic rings. The first kappa shape index (κ1) is 44.0. The van der Waals surface area contributed by atoms with E-state index in [1.807, 2.05) is 33.8 Å². The lowest BCUT2D eigenvalue weighted by atomic mass is 9.80. The zero-order chi connectivity index (χ0) is 42.8. The second kappa shape index (κ2) is 21.1. The molecule has 0 amide bonds. The summed E-state index contributed by atoms with van der Waals surface area (Å²) in [5.41, 5.74) is 5.24. The Morgan fingerprint density at radius 2 is 1.19 bits per heavy atom. The Kier molecular flexibility index (Phi) is 15.0. The van der Waals surface area contributed by atoms with E-state index in [0.29, 0.717) is 17.3 Å². The number of ether oxygens (including phenoxy) is 4. The first-order valence-electron chi connectivity index (χ1n) is 22.3. The standard InChI is InChI=1S/C23H27N3O3.C18H23BrN2O2.C6H7BO3/c27-19-10-8-17(9-11-19)18-13-20-23(21(14-18)29-15-16-5-1-2-6-16)24-25-26(20)22-7-3-4-12-28-22;19-14-9-16-15(11-20-21(16)18-7-3-4-8-22-18)17(10-14)23-12-13-5-1-2-6-13;8-6-3-1-5(2-4-6)7(9)10/h8-11,13-14,16,22,27H,1-7,12,15H2;9-11,13,18H,1-8,12H2;1-4,8-10H. The summed E-state index contributed by atoms with van der Waals surface area (Å²) in [5, 5.41) is 50.2. The molecule has 2 aromatic heterocycles. The second-order valence-corrected chi connectivity index (χ2v) is 17.8. The molecule has 15 heteroatoms. The molecule has 10 rings (SSSR count). The molecule has 0 bridgehead atoms. The smallest absolute Gasteiger partial charge is 0.488 e. The Bertz CT molecular complexity index is 2330. The van der Waals surface area contributed by atoms with E-state index in [-0.39, 0.29) is 24.0 Å². The summed E-state index contributed by atoms with van der Waals surface area (Å²) >= 11 is 3.62. The minimum atomic E-state index is -1.46. The Morgan fingerprint density at radius 3 is 1.77 bits per heavy atom. The molecule has 328 valence electrons. The van der Waals surface area contributed by atoms with Crippen LogP contribution in [0.5, 0.6) is 23.0 Å². The van der Waals surface area contributed by atoms with Gasteiger partial charge in [-0.2, -0.15) is 5.10 Å². The van der Waals surface area contributed by atoms with Gasteiger partial charge in [0.2, 0.25) is 0 Å². The Balaban J connectivity index is 0.000000143. The van der Waals surface area contributed by atoms with Crippen molar-refractivity contribution in [2.45, 2.75) is 102 Å². The second-order valence-electron chi connectivity index (χ2n) is 16.9. The lowest BCUT2D eigenvalue weighted by Gasteiger charge is -2.23. The van der Waals surface area contributed by atoms with Crippen LogP contribution in [0.1, 0.15) is 102 Å². The fourth-order valence-corrected chi connectivity index (χ4v) is 9.26. The minimum Gasteiger partial charge on any atom is -0.508 e. The molecule has 62 heavy (non-hydrogen) atoms. The largest absolute Gasteiger partial charge is 0.508 e. The highest BCUT2D eigenvalue weighted by Crippen LogP contribution is 2.37. The molecule has 4 aromatic carbocycles. The molecule has 0 radical (unpaired) electrons. The number of phenols is 2. The quantitative estimate of drug-likeness (QED) is 0.0969. The maximum Gasteiger partial charge on any atom is 0.488 e. The summed E-state index contributed by atoms with van der Waals surface area (Å²) < 4.78 is 29.3. The molecule has 4 N–H and O–H groups in total. The lowest BCUT2D eigenvalue weighted by molar-refractivity contribution is -0.0377. The third-order valence-electron chi connectivity index (χ3n) is 12.3. The van der Waals surface area contributed by atoms with Crippen molar-refractivity contribution in [3.63, 3.8) is 0 Å². The number of aromatic nitrogens is 5. The fourth-order valence-electron chi connectivity index (χ4n) is 8.83. The normalized spacial score (nSPS) is 19.5. The van der Waals surface area contributed by atoms with Crippen LogP contribution in [-0.2, 0) is 9.47 Å². The van der Waals surface area contributed by atoms with Crippen LogP contribution in [0.15, 0.2) is 83.5 Å². The zero-order valence-corrected chi connectivity index (χ0v) is 36.7. The van der Waals surface area contributed by atoms with Crippen molar-refractivity contribution in [3.05, 3.63) is 83.5 Å². The van der Waals surface area contributed by atoms with Gasteiger partial charge in [-0.25, -0.2) is 9.36 Å². The average Bonchev–Trinajstić information content (AvgIpc) is 4.15. The highest BCUT2D eigenvalue weighted by molar-refractivity contribution is 9.10. The zero-order valence-electron chi connectivity index (χ0n) is 35.2. The first-order chi connectivity index (χ1) is 30.3. The predicted octanol–water partition coefficient (Wildman–Crippen LogP) is 9.21. The van der Waals surface area contributed by atoms with E-state index in [4.69, 9.17) is 34.1 Å². The van der Waals surface area contributed by atoms with Gasteiger partial charge in [0.1, 0.15) is 23.0 Å². The van der Waals surface area contributed by atoms with Gasteiger partial charge in [-0.05, 0) is 141 Å². The Morgan fingerprint density at radius 1 is 0.629 bits per heavy atom. The summed E-state index contributed by atoms with van der Waals surface area (Å²) in [6, 6.07) is 21.3. The molecule has 2 aliphatic carbocycles. The van der Waals surface area contributed by atoms with E-state index in [2.05, 4.69) is 49.5 Å². The number of nitrogens with zero attached hydrogens (tertiary/aromatic N) is 5. The first-order valence-corrected chi connectivity index (χ1v) is 23.1. The van der Waals surface area contributed by atoms with Gasteiger partial charge < -0.3 is 39.2 Å². The number of hydrogen-bond donors (Lipinski definition) is 4. The molecule has 0 spiro atoms. The number of phenolic OH excluding ortho intramolecular Hbond substituents is 2. The van der Waals surface area contributed by atoms with Crippen LogP contribution in [0.4, 0.5) is 0 Å². The van der Waals surface area contributed by atoms with Gasteiger partial charge >= 0.3 is 7.12 Å². The van der Waals surface area contributed by atoms with Gasteiger partial charge in [0.15, 0.2) is 18.0 Å². The number of rotatable bonds is 10. The van der Waals surface area contributed by atoms with E-state index in [9.17, 15) is 5.11 Å². The number of hydrogen-bond acceptors (Lipinski definition) is 11. The SMILES string of the molecule is Brc1cc(OCC2CCCC2)c2cnn(C3CCCCO3)c2c1.OB(O)c1ccc(O)cc1.Oc1ccc(-c2cc(OCC3CCCC3)c3nnn(C4CCCCO4)c3c2)cc1. The van der Waals surface area contributed by atoms with Crippen LogP contribution >= 0.6 is 15.9 Å². The molecular formula is C47H57BBrN5O8. The van der Waals surface area contributed by atoms with E-state index in [1.165, 1.54) is 82.1 Å². The van der Waals surface area contributed by atoms with Crippen molar-refractivity contribution in [1.29, 1.82) is 0 Å². The third-order valence-corrected chi connectivity index (χ3v) is 12.8. The molecule has 4 fully saturated rings. The Labute approximate surface area is 371 Å². The molecule has 2 atom stereocenters. The van der Waals surface area contributed by atoms with Crippen LogP contribution in [0, 0.1) is 11.8 Å². The molecule has 2 aliphatic heterocycles. The molecular weight excluding hydrogens is 853 g/mol. The number of aromatic hydroxyl groups is 2. The summed E-state index contributed by atoms with van der Waals surface area (Å²) in [6.07, 6.45) is 18.8. The molecule has 2 unspecified atom stereocenters. The molecule has 2 saturated carbocycles. The van der Waals surface area contributed by atoms with Crippen LogP contribution in [-0.4, -0.2) is 78.6 Å². The van der Waals surface area contributed by atoms with Crippen molar-refractivity contribution < 1.29 is 39.2 Å². The topological polar surface area (TPSA) is 166 Å². The maximum absolute atomic E-state index is 9.65. The van der Waals surface area contributed by atoms with E-state index in [1.54, 1.807) is 12.1 Å². The number of halogens is 1. The minimum absolute atomic E-state index is 0.0539. The molecule has 4 heterocycles. The van der Waals surface area contributed by atoms with E-state index in [0.717, 1.165) is 108 Å². The Hall–Kier alpha value is -4.67. The highest BCUT2D eigenvalue weighted by Gasteiger charge is 2.24. The summed E-state index contributed by atoms with van der Waals surface area (Å²) in [4.78, 5) is 0. The van der Waals surface area contributed by atoms with Crippen LogP contribution in [0.2, 0.25) is 0 Å². The van der Waals surface area contributed by atoms with Gasteiger partial charge in [-0.15, -0.1) is 5.10 Å². The highest BCUT2D eigenvalue weighted by atomic mass is 79.9. The van der Waals surface area contributed by atoms with Gasteiger partial charge in [0, 0.05) is 17.7 Å². The molecule has 4 aliphatic rings. The predicted molar refractivity (Wildman–Crippen MR) is 243 cm³/mol. The van der Waals surface area contributed by atoms with E-state index >= 15 is 0 Å². The number of benzene rings is 4. The van der Waals surface area contributed by atoms with Crippen molar-refractivity contribution in [2.24, 2.45) is 11.8 Å². The van der Waals surface area contributed by atoms with Crippen LogP contribution < -0.4 is 14.9 Å². The van der Waals surface area contributed by atoms with Gasteiger partial charge in [0.25, 0.3) is 0 Å². The summed E-state index contributed by atoms with van der Waals surface area (Å²) in [7, 11) is -1.46. The molecule has 2 saturated heterocycles. The van der Waals surface area contributed by atoms with Gasteiger partial charge in [-0.1, -0.05) is 71.1 Å². The van der Waals surface area contributed by atoms with Gasteiger partial charge in [0.05, 0.1) is 35.8 Å².